The smallest absolute Gasteiger partial charge is 0.211 e. The van der Waals surface area contributed by atoms with Crippen LogP contribution < -0.4 is 11.1 Å². The third-order valence-corrected chi connectivity index (χ3v) is 7.06. The van der Waals surface area contributed by atoms with Gasteiger partial charge >= 0.3 is 0 Å². The van der Waals surface area contributed by atoms with E-state index in [1.807, 2.05) is 49.5 Å². The number of anilines is 3. The van der Waals surface area contributed by atoms with Crippen molar-refractivity contribution < 1.29 is 8.42 Å². The number of aryl methyl sites for hydroxylation is 1. The van der Waals surface area contributed by atoms with Crippen LogP contribution in [0, 0.1) is 6.92 Å². The summed E-state index contributed by atoms with van der Waals surface area (Å²) in [5.41, 5.74) is 12.3. The molecule has 3 N–H and O–H groups in total. The van der Waals surface area contributed by atoms with Crippen LogP contribution in [-0.4, -0.2) is 45.7 Å². The van der Waals surface area contributed by atoms with Crippen LogP contribution in [0.15, 0.2) is 48.8 Å². The maximum Gasteiger partial charge on any atom is 0.211 e. The summed E-state index contributed by atoms with van der Waals surface area (Å²) in [7, 11) is -3.22. The van der Waals surface area contributed by atoms with Crippen LogP contribution in [0.5, 0.6) is 0 Å². The van der Waals surface area contributed by atoms with Crippen molar-refractivity contribution in [3.63, 3.8) is 0 Å². The third-order valence-electron chi connectivity index (χ3n) is 5.81. The van der Waals surface area contributed by atoms with Gasteiger partial charge in [-0.3, -0.25) is 4.98 Å². The largest absolute Gasteiger partial charge is 0.397 e. The molecule has 0 aliphatic carbocycles. The molecule has 0 spiro atoms. The summed E-state index contributed by atoms with van der Waals surface area (Å²) in [6, 6.07) is 11.5. The van der Waals surface area contributed by atoms with Gasteiger partial charge < -0.3 is 11.1 Å². The quantitative estimate of drug-likeness (QED) is 0.444. The number of hydrogen-bond acceptors (Lipinski definition) is 8. The molecule has 0 saturated carbocycles. The Morgan fingerprint density at radius 3 is 2.73 bits per heavy atom. The summed E-state index contributed by atoms with van der Waals surface area (Å²) in [5.74, 6) is 1.17. The zero-order valence-corrected chi connectivity index (χ0v) is 19.1. The highest BCUT2D eigenvalue weighted by molar-refractivity contribution is 7.88. The van der Waals surface area contributed by atoms with Crippen molar-refractivity contribution in [2.75, 3.05) is 23.9 Å². The molecule has 5 rings (SSSR count). The van der Waals surface area contributed by atoms with E-state index in [0.29, 0.717) is 42.4 Å². The van der Waals surface area contributed by atoms with E-state index in [1.165, 1.54) is 10.6 Å². The molecule has 0 bridgehead atoms. The lowest BCUT2D eigenvalue weighted by Gasteiger charge is -2.26. The van der Waals surface area contributed by atoms with E-state index in [9.17, 15) is 8.42 Å². The van der Waals surface area contributed by atoms with Crippen LogP contribution in [0.1, 0.15) is 16.8 Å². The Morgan fingerprint density at radius 1 is 1.09 bits per heavy atom. The molecule has 33 heavy (non-hydrogen) atoms. The van der Waals surface area contributed by atoms with Crippen molar-refractivity contribution >= 4 is 38.2 Å². The molecule has 0 atom stereocenters. The van der Waals surface area contributed by atoms with E-state index in [0.717, 1.165) is 33.3 Å². The van der Waals surface area contributed by atoms with Crippen molar-refractivity contribution in [3.05, 3.63) is 65.6 Å². The van der Waals surface area contributed by atoms with Gasteiger partial charge in [0, 0.05) is 48.5 Å². The summed E-state index contributed by atoms with van der Waals surface area (Å²) in [4.78, 5) is 8.90. The summed E-state index contributed by atoms with van der Waals surface area (Å²) < 4.78 is 25.1. The van der Waals surface area contributed by atoms with Gasteiger partial charge in [-0.05, 0) is 53.9 Å². The van der Waals surface area contributed by atoms with Crippen molar-refractivity contribution in [1.29, 1.82) is 0 Å². The SMILES string of the molecule is Cc1ccncc1-c1cc(N)c2nnc(Nc3ccc4c(n3)CCN(S(C)(=O)=O)C4)cc2c1. The Labute approximate surface area is 191 Å². The normalized spacial score (nSPS) is 14.2. The standard InChI is InChI=1S/C23H23N7O2S/c1-14-5-7-25-12-18(14)16-9-17-11-22(28-29-23(17)19(24)10-16)27-21-4-3-15-13-30(33(2,31)32)8-6-20(15)26-21/h3-5,7,9-12H,6,8,13,24H2,1-2H3,(H,26,27,28). The van der Waals surface area contributed by atoms with Gasteiger partial charge in [-0.2, -0.15) is 4.31 Å². The van der Waals surface area contributed by atoms with Crippen LogP contribution in [-0.2, 0) is 23.0 Å². The van der Waals surface area contributed by atoms with Gasteiger partial charge in [-0.1, -0.05) is 6.07 Å². The second kappa shape index (κ2) is 8.05. The molecule has 4 aromatic rings. The molecule has 10 heteroatoms. The lowest BCUT2D eigenvalue weighted by molar-refractivity contribution is 0.391. The van der Waals surface area contributed by atoms with Crippen LogP contribution in [0.4, 0.5) is 17.3 Å². The molecular weight excluding hydrogens is 438 g/mol. The summed E-state index contributed by atoms with van der Waals surface area (Å²) in [6.45, 7) is 2.80. The van der Waals surface area contributed by atoms with Crippen LogP contribution in [0.2, 0.25) is 0 Å². The lowest BCUT2D eigenvalue weighted by atomic mass is 10.0. The van der Waals surface area contributed by atoms with E-state index in [-0.39, 0.29) is 0 Å². The number of nitrogens with two attached hydrogens (primary N) is 1. The molecule has 4 heterocycles. The molecule has 0 amide bonds. The Bertz CT molecular complexity index is 1490. The van der Waals surface area contributed by atoms with E-state index in [1.54, 1.807) is 6.20 Å². The minimum Gasteiger partial charge on any atom is -0.397 e. The number of fused-ring (bicyclic) bond motifs is 2. The van der Waals surface area contributed by atoms with Crippen LogP contribution in [0.25, 0.3) is 22.0 Å². The van der Waals surface area contributed by atoms with Gasteiger partial charge in [0.2, 0.25) is 10.0 Å². The van der Waals surface area contributed by atoms with Gasteiger partial charge in [0.05, 0.1) is 11.9 Å². The molecule has 0 radical (unpaired) electrons. The number of nitrogen functional groups attached to an aromatic ring is 1. The van der Waals surface area contributed by atoms with Crippen LogP contribution in [0.3, 0.4) is 0 Å². The highest BCUT2D eigenvalue weighted by Crippen LogP contribution is 2.31. The zero-order valence-electron chi connectivity index (χ0n) is 18.3. The minimum absolute atomic E-state index is 0.340. The first-order chi connectivity index (χ1) is 15.8. The molecular formula is C23H23N7O2S. The Balaban J connectivity index is 1.45. The summed E-state index contributed by atoms with van der Waals surface area (Å²) in [6.07, 6.45) is 5.38. The molecule has 1 aromatic carbocycles. The average Bonchev–Trinajstić information content (AvgIpc) is 2.78. The Hall–Kier alpha value is -3.63. The fourth-order valence-corrected chi connectivity index (χ4v) is 4.84. The topological polar surface area (TPSA) is 127 Å². The highest BCUT2D eigenvalue weighted by Gasteiger charge is 2.24. The van der Waals surface area contributed by atoms with E-state index in [2.05, 4.69) is 25.5 Å². The maximum atomic E-state index is 11.8. The van der Waals surface area contributed by atoms with Crippen LogP contribution >= 0.6 is 0 Å². The zero-order chi connectivity index (χ0) is 23.2. The van der Waals surface area contributed by atoms with Gasteiger partial charge in [0.15, 0.2) is 5.82 Å². The molecule has 0 fully saturated rings. The van der Waals surface area contributed by atoms with E-state index < -0.39 is 10.0 Å². The second-order valence-electron chi connectivity index (χ2n) is 8.20. The first-order valence-corrected chi connectivity index (χ1v) is 12.3. The van der Waals surface area contributed by atoms with Crippen molar-refractivity contribution in [2.45, 2.75) is 19.9 Å². The first kappa shape index (κ1) is 21.2. The third kappa shape index (κ3) is 4.22. The number of nitrogens with one attached hydrogen (secondary N) is 1. The monoisotopic (exact) mass is 461 g/mol. The van der Waals surface area contributed by atoms with Gasteiger partial charge in [0.25, 0.3) is 0 Å². The fraction of sp³-hybridized carbons (Fsp3) is 0.217. The van der Waals surface area contributed by atoms with E-state index >= 15 is 0 Å². The summed E-state index contributed by atoms with van der Waals surface area (Å²) >= 11 is 0. The van der Waals surface area contributed by atoms with Gasteiger partial charge in [0.1, 0.15) is 11.3 Å². The fourth-order valence-electron chi connectivity index (χ4n) is 4.04. The number of benzene rings is 1. The van der Waals surface area contributed by atoms with Gasteiger partial charge in [-0.25, -0.2) is 13.4 Å². The number of sulfonamides is 1. The van der Waals surface area contributed by atoms with Crippen molar-refractivity contribution in [2.24, 2.45) is 0 Å². The van der Waals surface area contributed by atoms with Gasteiger partial charge in [-0.15, -0.1) is 10.2 Å². The van der Waals surface area contributed by atoms with Crippen molar-refractivity contribution in [1.82, 2.24) is 24.5 Å². The number of hydrogen-bond donors (Lipinski definition) is 2. The lowest BCUT2D eigenvalue weighted by Crippen LogP contribution is -2.35. The number of pyridine rings is 2. The summed E-state index contributed by atoms with van der Waals surface area (Å²) in [5, 5.41) is 12.6. The Morgan fingerprint density at radius 2 is 1.94 bits per heavy atom. The highest BCUT2D eigenvalue weighted by atomic mass is 32.2. The maximum absolute atomic E-state index is 11.8. The Kier molecular flexibility index (Phi) is 5.18. The predicted octanol–water partition coefficient (Wildman–Crippen LogP) is 3.04. The average molecular weight is 462 g/mol. The molecule has 168 valence electrons. The number of rotatable bonds is 4. The molecule has 0 saturated heterocycles. The number of aromatic nitrogens is 4. The van der Waals surface area contributed by atoms with Crippen molar-refractivity contribution in [3.8, 4) is 11.1 Å². The molecule has 1 aliphatic heterocycles. The first-order valence-electron chi connectivity index (χ1n) is 10.5. The molecule has 0 unspecified atom stereocenters. The number of nitrogens with zero attached hydrogens (tertiary/aromatic N) is 5. The second-order valence-corrected chi connectivity index (χ2v) is 10.2. The predicted molar refractivity (Wildman–Crippen MR) is 128 cm³/mol. The minimum atomic E-state index is -3.22. The molecule has 9 nitrogen and oxygen atoms in total. The molecule has 1 aliphatic rings. The molecule has 3 aromatic heterocycles. The van der Waals surface area contributed by atoms with E-state index in [4.69, 9.17) is 5.73 Å².